The summed E-state index contributed by atoms with van der Waals surface area (Å²) in [4.78, 5) is 13.2. The Hall–Kier alpha value is -0.880. The molecule has 0 aromatic heterocycles. The second-order valence-corrected chi connectivity index (χ2v) is 10.5. The lowest BCUT2D eigenvalue weighted by atomic mass is 9.69. The van der Waals surface area contributed by atoms with Crippen molar-refractivity contribution in [1.29, 1.82) is 0 Å². The first-order valence-electron chi connectivity index (χ1n) is 9.32. The van der Waals surface area contributed by atoms with Crippen LogP contribution in [-0.2, 0) is 19.6 Å². The Kier molecular flexibility index (Phi) is 4.60. The van der Waals surface area contributed by atoms with Gasteiger partial charge in [0.05, 0.1) is 23.8 Å². The summed E-state index contributed by atoms with van der Waals surface area (Å²) in [6.07, 6.45) is 5.73. The molecule has 1 spiro atoms. The number of nitrogens with zero attached hydrogens (tertiary/aromatic N) is 1. The van der Waals surface area contributed by atoms with Crippen molar-refractivity contribution >= 4 is 15.9 Å². The van der Waals surface area contributed by atoms with Gasteiger partial charge in [-0.25, -0.2) is 12.7 Å². The number of amides is 1. The van der Waals surface area contributed by atoms with Gasteiger partial charge in [0, 0.05) is 12.5 Å². The van der Waals surface area contributed by atoms with E-state index in [2.05, 4.69) is 20.4 Å². The van der Waals surface area contributed by atoms with E-state index in [0.29, 0.717) is 12.3 Å². The zero-order valence-corrected chi connectivity index (χ0v) is 16.6. The minimum atomic E-state index is -3.56. The maximum Gasteiger partial charge on any atom is 0.241 e. The third kappa shape index (κ3) is 2.51. The molecule has 1 aliphatic heterocycles. The van der Waals surface area contributed by atoms with Crippen molar-refractivity contribution in [2.24, 2.45) is 22.7 Å². The summed E-state index contributed by atoms with van der Waals surface area (Å²) in [7, 11) is -1.98. The van der Waals surface area contributed by atoms with Crippen LogP contribution in [0.25, 0.3) is 0 Å². The van der Waals surface area contributed by atoms with Crippen molar-refractivity contribution in [1.82, 2.24) is 4.31 Å². The normalized spacial score (nSPS) is 36.9. The first-order valence-corrected chi connectivity index (χ1v) is 10.9. The summed E-state index contributed by atoms with van der Waals surface area (Å²) in [6.45, 7) is 9.89. The van der Waals surface area contributed by atoms with Gasteiger partial charge in [-0.3, -0.25) is 4.79 Å². The van der Waals surface area contributed by atoms with E-state index in [1.165, 1.54) is 4.31 Å². The number of carbonyl (C=O) groups excluding carboxylic acids is 1. The van der Waals surface area contributed by atoms with Gasteiger partial charge >= 0.3 is 0 Å². The molecule has 1 amide bonds. The first kappa shape index (κ1) is 18.9. The lowest BCUT2D eigenvalue weighted by Crippen LogP contribution is -2.48. The van der Waals surface area contributed by atoms with Crippen LogP contribution in [0.2, 0.25) is 0 Å². The quantitative estimate of drug-likeness (QED) is 0.675. The maximum atomic E-state index is 13.2. The van der Waals surface area contributed by atoms with E-state index in [0.717, 1.165) is 25.7 Å². The number of rotatable bonds is 6. The maximum absolute atomic E-state index is 13.2. The second-order valence-electron chi connectivity index (χ2n) is 8.68. The number of hydrogen-bond acceptors (Lipinski definition) is 4. The van der Waals surface area contributed by atoms with Gasteiger partial charge < -0.3 is 4.74 Å². The van der Waals surface area contributed by atoms with Gasteiger partial charge in [-0.1, -0.05) is 26.8 Å². The van der Waals surface area contributed by atoms with E-state index in [4.69, 9.17) is 4.74 Å². The molecule has 2 aliphatic carbocycles. The molecule has 3 rings (SSSR count). The van der Waals surface area contributed by atoms with Gasteiger partial charge in [0.2, 0.25) is 15.9 Å². The van der Waals surface area contributed by atoms with Crippen LogP contribution < -0.4 is 0 Å². The number of sulfonamides is 1. The third-order valence-corrected chi connectivity index (χ3v) is 9.45. The Labute approximate surface area is 151 Å². The van der Waals surface area contributed by atoms with E-state index in [1.54, 1.807) is 20.1 Å². The molecule has 2 unspecified atom stereocenters. The smallest absolute Gasteiger partial charge is 0.241 e. The van der Waals surface area contributed by atoms with Crippen LogP contribution in [-0.4, -0.2) is 43.6 Å². The average Bonchev–Trinajstić information content (AvgIpc) is 3.02. The van der Waals surface area contributed by atoms with Crippen molar-refractivity contribution in [3.05, 3.63) is 12.7 Å². The predicted molar refractivity (Wildman–Crippen MR) is 97.4 cm³/mol. The molecular formula is C19H31NO4S. The zero-order chi connectivity index (χ0) is 18.6. The average molecular weight is 370 g/mol. The fourth-order valence-electron chi connectivity index (χ4n) is 5.79. The number of allylic oxidation sites excluding steroid dienone is 1. The summed E-state index contributed by atoms with van der Waals surface area (Å²) in [5.74, 6) is -0.132. The highest BCUT2D eigenvalue weighted by Crippen LogP contribution is 2.70. The van der Waals surface area contributed by atoms with Crippen molar-refractivity contribution in [3.63, 3.8) is 0 Å². The minimum absolute atomic E-state index is 0.0213. The molecule has 0 aromatic carbocycles. The molecule has 2 bridgehead atoms. The Balaban J connectivity index is 1.89. The SMILES string of the molecule is C=CCC[C@@H](OC)[C@@H](C)C(=O)N1[C@H]2CC3CCC2(CS1(=O)=O)C3(C)C. The molecular weight excluding hydrogens is 338 g/mol. The molecule has 2 saturated carbocycles. The van der Waals surface area contributed by atoms with Gasteiger partial charge in [0.1, 0.15) is 0 Å². The molecule has 0 aromatic rings. The van der Waals surface area contributed by atoms with Gasteiger partial charge in [0.15, 0.2) is 0 Å². The summed E-state index contributed by atoms with van der Waals surface area (Å²) in [5.41, 5.74) is -0.290. The van der Waals surface area contributed by atoms with Crippen molar-refractivity contribution in [2.45, 2.75) is 65.0 Å². The van der Waals surface area contributed by atoms with Gasteiger partial charge in [-0.2, -0.15) is 0 Å². The van der Waals surface area contributed by atoms with E-state index in [1.807, 2.05) is 0 Å². The standard InChI is InChI=1S/C19H31NO4S/c1-6-7-8-15(24-5)13(2)17(21)20-16-11-14-9-10-19(16,18(14,3)4)12-25(20,22)23/h6,13-16H,1,7-12H2,2-5H3/t13-,14?,15-,16+,19?/m1/s1. The molecule has 3 fully saturated rings. The fraction of sp³-hybridized carbons (Fsp3) is 0.842. The monoisotopic (exact) mass is 369 g/mol. The minimum Gasteiger partial charge on any atom is -0.381 e. The molecule has 5 nitrogen and oxygen atoms in total. The second kappa shape index (κ2) is 6.08. The van der Waals surface area contributed by atoms with E-state index in [9.17, 15) is 13.2 Å². The van der Waals surface area contributed by atoms with Gasteiger partial charge in [0.25, 0.3) is 0 Å². The van der Waals surface area contributed by atoms with Crippen LogP contribution in [0.4, 0.5) is 0 Å². The summed E-state index contributed by atoms with van der Waals surface area (Å²) in [6, 6.07) is -0.168. The van der Waals surface area contributed by atoms with Crippen molar-refractivity contribution in [3.8, 4) is 0 Å². The molecule has 142 valence electrons. The largest absolute Gasteiger partial charge is 0.381 e. The van der Waals surface area contributed by atoms with Gasteiger partial charge in [-0.15, -0.1) is 6.58 Å². The van der Waals surface area contributed by atoms with Crippen LogP contribution in [0.3, 0.4) is 0 Å². The molecule has 0 N–H and O–H groups in total. The van der Waals surface area contributed by atoms with Crippen molar-refractivity contribution < 1.29 is 17.9 Å². The molecule has 1 heterocycles. The van der Waals surface area contributed by atoms with E-state index in [-0.39, 0.29) is 34.6 Å². The highest BCUT2D eigenvalue weighted by molar-refractivity contribution is 7.90. The highest BCUT2D eigenvalue weighted by atomic mass is 32.2. The third-order valence-electron chi connectivity index (χ3n) is 7.53. The van der Waals surface area contributed by atoms with Gasteiger partial charge in [-0.05, 0) is 43.4 Å². The molecule has 1 saturated heterocycles. The summed E-state index contributed by atoms with van der Waals surface area (Å²) in [5, 5.41) is 0. The van der Waals surface area contributed by atoms with Crippen LogP contribution in [0, 0.1) is 22.7 Å². The van der Waals surface area contributed by atoms with Crippen molar-refractivity contribution in [2.75, 3.05) is 12.9 Å². The highest BCUT2D eigenvalue weighted by Gasteiger charge is 2.72. The van der Waals surface area contributed by atoms with E-state index < -0.39 is 15.9 Å². The lowest BCUT2D eigenvalue weighted by molar-refractivity contribution is -0.137. The Morgan fingerprint density at radius 1 is 1.44 bits per heavy atom. The molecule has 6 heteroatoms. The molecule has 5 atom stereocenters. The summed E-state index contributed by atoms with van der Waals surface area (Å²) < 4.78 is 32.7. The Bertz CT molecular complexity index is 671. The number of hydrogen-bond donors (Lipinski definition) is 0. The lowest BCUT2D eigenvalue weighted by Gasteiger charge is -2.37. The van der Waals surface area contributed by atoms with Crippen LogP contribution in [0.5, 0.6) is 0 Å². The predicted octanol–water partition coefficient (Wildman–Crippen LogP) is 2.97. The number of carbonyl (C=O) groups is 1. The molecule has 25 heavy (non-hydrogen) atoms. The van der Waals surface area contributed by atoms with Crippen LogP contribution in [0.1, 0.15) is 52.9 Å². The molecule has 0 radical (unpaired) electrons. The Morgan fingerprint density at radius 2 is 2.12 bits per heavy atom. The fourth-order valence-corrected chi connectivity index (χ4v) is 8.41. The topological polar surface area (TPSA) is 63.7 Å². The molecule has 3 aliphatic rings. The number of ether oxygens (including phenoxy) is 1. The van der Waals surface area contributed by atoms with Crippen LogP contribution >= 0.6 is 0 Å². The summed E-state index contributed by atoms with van der Waals surface area (Å²) >= 11 is 0. The van der Waals surface area contributed by atoms with E-state index >= 15 is 0 Å². The number of fused-ring (bicyclic) bond motifs is 1. The Morgan fingerprint density at radius 3 is 2.68 bits per heavy atom. The first-order chi connectivity index (χ1) is 11.6. The van der Waals surface area contributed by atoms with Crippen LogP contribution in [0.15, 0.2) is 12.7 Å². The number of methoxy groups -OCH3 is 1. The zero-order valence-electron chi connectivity index (χ0n) is 15.8.